The van der Waals surface area contributed by atoms with Gasteiger partial charge in [0.05, 0.1) is 5.69 Å². The standard InChI is InChI=1S/C21H17N3OS/c25-20-12-19(15-6-7-15)23-21-18(13-22-24(20)21)14-8-10-17(11-9-14)26-16-4-2-1-3-5-16/h1-5,8-13,15,22H,6-7H2. The molecule has 1 aliphatic carbocycles. The van der Waals surface area contributed by atoms with Crippen LogP contribution < -0.4 is 5.56 Å². The Bertz CT molecular complexity index is 1130. The minimum Gasteiger partial charge on any atom is -0.296 e. The molecular formula is C21H17N3OS. The van der Waals surface area contributed by atoms with Gasteiger partial charge in [-0.1, -0.05) is 42.1 Å². The number of hydrogen-bond donors (Lipinski definition) is 1. The van der Waals surface area contributed by atoms with E-state index in [1.807, 2.05) is 24.4 Å². The average Bonchev–Trinajstić information content (AvgIpc) is 3.43. The third-order valence-corrected chi connectivity index (χ3v) is 5.67. The Labute approximate surface area is 154 Å². The normalized spacial score (nSPS) is 14.0. The molecule has 128 valence electrons. The summed E-state index contributed by atoms with van der Waals surface area (Å²) in [6.07, 6.45) is 4.13. The van der Waals surface area contributed by atoms with E-state index in [0.717, 1.165) is 29.7 Å². The molecule has 5 rings (SSSR count). The Kier molecular flexibility index (Phi) is 3.68. The minimum atomic E-state index is -0.0422. The van der Waals surface area contributed by atoms with Crippen LogP contribution in [0.3, 0.4) is 0 Å². The fourth-order valence-corrected chi connectivity index (χ4v) is 3.96. The van der Waals surface area contributed by atoms with Crippen molar-refractivity contribution in [2.75, 3.05) is 0 Å². The summed E-state index contributed by atoms with van der Waals surface area (Å²) in [5.74, 6) is 0.458. The summed E-state index contributed by atoms with van der Waals surface area (Å²) in [4.78, 5) is 19.5. The number of hydrogen-bond acceptors (Lipinski definition) is 3. The monoisotopic (exact) mass is 359 g/mol. The summed E-state index contributed by atoms with van der Waals surface area (Å²) in [6, 6.07) is 20.4. The molecule has 1 aliphatic rings. The molecule has 0 bridgehead atoms. The number of nitrogens with one attached hydrogen (secondary N) is 1. The van der Waals surface area contributed by atoms with E-state index in [9.17, 15) is 4.79 Å². The molecule has 0 radical (unpaired) electrons. The molecule has 1 fully saturated rings. The summed E-state index contributed by atoms with van der Waals surface area (Å²) >= 11 is 1.74. The van der Waals surface area contributed by atoms with Gasteiger partial charge in [-0.2, -0.15) is 0 Å². The van der Waals surface area contributed by atoms with Crippen LogP contribution in [0.25, 0.3) is 16.8 Å². The van der Waals surface area contributed by atoms with Crippen molar-refractivity contribution in [3.8, 4) is 11.1 Å². The number of benzene rings is 2. The smallest absolute Gasteiger partial charge is 0.272 e. The van der Waals surface area contributed by atoms with Gasteiger partial charge in [0.2, 0.25) is 0 Å². The number of aromatic nitrogens is 3. The first kappa shape index (κ1) is 15.5. The molecule has 0 spiro atoms. The molecule has 0 saturated heterocycles. The van der Waals surface area contributed by atoms with Crippen LogP contribution in [0.2, 0.25) is 0 Å². The zero-order valence-corrected chi connectivity index (χ0v) is 14.9. The average molecular weight is 359 g/mol. The lowest BCUT2D eigenvalue weighted by atomic mass is 10.1. The third kappa shape index (κ3) is 2.84. The van der Waals surface area contributed by atoms with Gasteiger partial charge in [0.15, 0.2) is 5.65 Å². The second kappa shape index (κ2) is 6.18. The molecule has 5 heteroatoms. The van der Waals surface area contributed by atoms with Gasteiger partial charge in [0.25, 0.3) is 5.56 Å². The molecular weight excluding hydrogens is 342 g/mol. The molecule has 2 heterocycles. The third-order valence-electron chi connectivity index (χ3n) is 4.66. The van der Waals surface area contributed by atoms with Crippen LogP contribution in [0.15, 0.2) is 81.4 Å². The van der Waals surface area contributed by atoms with E-state index in [2.05, 4.69) is 41.5 Å². The van der Waals surface area contributed by atoms with Gasteiger partial charge in [-0.25, -0.2) is 9.50 Å². The van der Waals surface area contributed by atoms with Crippen LogP contribution in [0, 0.1) is 0 Å². The molecule has 0 aliphatic heterocycles. The Morgan fingerprint density at radius 1 is 1.00 bits per heavy atom. The van der Waals surface area contributed by atoms with Crippen LogP contribution in [-0.2, 0) is 0 Å². The topological polar surface area (TPSA) is 50.2 Å². The van der Waals surface area contributed by atoms with Crippen molar-refractivity contribution >= 4 is 17.4 Å². The van der Waals surface area contributed by atoms with Gasteiger partial charge in [-0.05, 0) is 42.7 Å². The highest BCUT2D eigenvalue weighted by Crippen LogP contribution is 2.39. The van der Waals surface area contributed by atoms with Crippen molar-refractivity contribution < 1.29 is 0 Å². The van der Waals surface area contributed by atoms with Crippen LogP contribution >= 0.6 is 11.8 Å². The van der Waals surface area contributed by atoms with Crippen molar-refractivity contribution in [2.24, 2.45) is 0 Å². The maximum Gasteiger partial charge on any atom is 0.272 e. The molecule has 4 nitrogen and oxygen atoms in total. The summed E-state index contributed by atoms with van der Waals surface area (Å²) in [7, 11) is 0. The second-order valence-electron chi connectivity index (χ2n) is 6.58. The van der Waals surface area contributed by atoms with E-state index in [0.29, 0.717) is 11.6 Å². The summed E-state index contributed by atoms with van der Waals surface area (Å²) in [6.45, 7) is 0. The van der Waals surface area contributed by atoms with Gasteiger partial charge >= 0.3 is 0 Å². The van der Waals surface area contributed by atoms with Crippen molar-refractivity contribution in [3.05, 3.63) is 82.9 Å². The maximum absolute atomic E-state index is 12.3. The highest BCUT2D eigenvalue weighted by molar-refractivity contribution is 7.99. The van der Waals surface area contributed by atoms with Gasteiger partial charge in [-0.3, -0.25) is 9.89 Å². The van der Waals surface area contributed by atoms with Crippen molar-refractivity contribution in [1.29, 1.82) is 0 Å². The van der Waals surface area contributed by atoms with Crippen LogP contribution in [-0.4, -0.2) is 14.6 Å². The molecule has 0 unspecified atom stereocenters. The molecule has 4 aromatic rings. The second-order valence-corrected chi connectivity index (χ2v) is 7.73. The van der Waals surface area contributed by atoms with Crippen molar-refractivity contribution in [3.63, 3.8) is 0 Å². The predicted octanol–water partition coefficient (Wildman–Crippen LogP) is 4.72. The molecule has 0 atom stereocenters. The zero-order chi connectivity index (χ0) is 17.5. The Morgan fingerprint density at radius 2 is 1.73 bits per heavy atom. The maximum atomic E-state index is 12.3. The first-order chi connectivity index (χ1) is 12.8. The molecule has 1 saturated carbocycles. The first-order valence-electron chi connectivity index (χ1n) is 8.72. The highest BCUT2D eigenvalue weighted by atomic mass is 32.2. The summed E-state index contributed by atoms with van der Waals surface area (Å²) < 4.78 is 1.52. The largest absolute Gasteiger partial charge is 0.296 e. The van der Waals surface area contributed by atoms with E-state index in [-0.39, 0.29) is 5.56 Å². The van der Waals surface area contributed by atoms with Gasteiger partial charge < -0.3 is 0 Å². The SMILES string of the molecule is O=c1cc(C2CC2)nc2c(-c3ccc(Sc4ccccc4)cc3)c[nH]n12. The highest BCUT2D eigenvalue weighted by Gasteiger charge is 2.26. The van der Waals surface area contributed by atoms with Crippen LogP contribution in [0.4, 0.5) is 0 Å². The van der Waals surface area contributed by atoms with Gasteiger partial charge in [0.1, 0.15) is 0 Å². The number of rotatable bonds is 4. The van der Waals surface area contributed by atoms with Crippen LogP contribution in [0.5, 0.6) is 0 Å². The van der Waals surface area contributed by atoms with Gasteiger partial charge in [-0.15, -0.1) is 0 Å². The Morgan fingerprint density at radius 3 is 2.46 bits per heavy atom. The molecule has 1 N–H and O–H groups in total. The van der Waals surface area contributed by atoms with E-state index in [1.165, 1.54) is 14.3 Å². The molecule has 26 heavy (non-hydrogen) atoms. The zero-order valence-electron chi connectivity index (χ0n) is 14.1. The number of aromatic amines is 1. The van der Waals surface area contributed by atoms with E-state index >= 15 is 0 Å². The van der Waals surface area contributed by atoms with Crippen molar-refractivity contribution in [1.82, 2.24) is 14.6 Å². The van der Waals surface area contributed by atoms with E-state index in [4.69, 9.17) is 4.98 Å². The fourth-order valence-electron chi connectivity index (χ4n) is 3.13. The minimum absolute atomic E-state index is 0.0422. The summed E-state index contributed by atoms with van der Waals surface area (Å²) in [5.41, 5.74) is 3.61. The molecule has 2 aromatic heterocycles. The van der Waals surface area contributed by atoms with E-state index < -0.39 is 0 Å². The van der Waals surface area contributed by atoms with Crippen LogP contribution in [0.1, 0.15) is 24.5 Å². The predicted molar refractivity (Wildman–Crippen MR) is 104 cm³/mol. The van der Waals surface area contributed by atoms with Crippen molar-refractivity contribution in [2.45, 2.75) is 28.6 Å². The number of fused-ring (bicyclic) bond motifs is 1. The lowest BCUT2D eigenvalue weighted by molar-refractivity contribution is 0.873. The number of H-pyrrole nitrogens is 1. The lowest BCUT2D eigenvalue weighted by Crippen LogP contribution is -2.15. The molecule has 2 aromatic carbocycles. The van der Waals surface area contributed by atoms with E-state index in [1.54, 1.807) is 17.8 Å². The Hall–Kier alpha value is -2.79. The van der Waals surface area contributed by atoms with Gasteiger partial charge in [0, 0.05) is 33.5 Å². The Balaban J connectivity index is 1.50. The first-order valence-corrected chi connectivity index (χ1v) is 9.54. The number of nitrogens with zero attached hydrogens (tertiary/aromatic N) is 2. The molecule has 0 amide bonds. The fraction of sp³-hybridized carbons (Fsp3) is 0.143. The summed E-state index contributed by atoms with van der Waals surface area (Å²) in [5, 5.41) is 3.03. The quantitative estimate of drug-likeness (QED) is 0.574. The lowest BCUT2D eigenvalue weighted by Gasteiger charge is -2.04.